The second-order valence-electron chi connectivity index (χ2n) is 8.75. The predicted molar refractivity (Wildman–Crippen MR) is 123 cm³/mol. The monoisotopic (exact) mass is 458 g/mol. The van der Waals surface area contributed by atoms with Crippen LogP contribution in [0.4, 0.5) is 10.5 Å². The summed E-state index contributed by atoms with van der Waals surface area (Å²) in [6, 6.07) is 10.8. The summed E-state index contributed by atoms with van der Waals surface area (Å²) in [5, 5.41) is 12.4. The summed E-state index contributed by atoms with van der Waals surface area (Å²) in [5.74, 6) is -1.30. The van der Waals surface area contributed by atoms with Crippen LogP contribution in [0.3, 0.4) is 0 Å². The largest absolute Gasteiger partial charge is 0.478 e. The first-order valence-corrected chi connectivity index (χ1v) is 10.9. The van der Waals surface area contributed by atoms with E-state index in [1.165, 1.54) is 17.0 Å². The van der Waals surface area contributed by atoms with Crippen molar-refractivity contribution in [3.8, 4) is 11.1 Å². The Balaban J connectivity index is 1.78. The molecule has 0 spiro atoms. The van der Waals surface area contributed by atoms with Crippen LogP contribution >= 0.6 is 11.6 Å². The number of benzene rings is 2. The highest BCUT2D eigenvalue weighted by Crippen LogP contribution is 2.31. The van der Waals surface area contributed by atoms with Crippen LogP contribution in [0.1, 0.15) is 50.4 Å². The van der Waals surface area contributed by atoms with Crippen molar-refractivity contribution in [3.63, 3.8) is 0 Å². The molecule has 0 radical (unpaired) electrons. The lowest BCUT2D eigenvalue weighted by Crippen LogP contribution is -2.51. The van der Waals surface area contributed by atoms with Gasteiger partial charge in [-0.05, 0) is 75.9 Å². The number of carboxylic acid groups (broad SMARTS) is 1. The number of piperidine rings is 1. The molecule has 7 nitrogen and oxygen atoms in total. The number of nitrogens with one attached hydrogen (secondary N) is 1. The van der Waals surface area contributed by atoms with Gasteiger partial charge < -0.3 is 15.2 Å². The molecule has 1 aliphatic heterocycles. The molecule has 1 saturated heterocycles. The lowest BCUT2D eigenvalue weighted by Gasteiger charge is -2.35. The van der Waals surface area contributed by atoms with Gasteiger partial charge >= 0.3 is 12.1 Å². The third kappa shape index (κ3) is 5.79. The van der Waals surface area contributed by atoms with E-state index in [1.807, 2.05) is 0 Å². The molecule has 1 heterocycles. The quantitative estimate of drug-likeness (QED) is 0.636. The number of likely N-dealkylation sites (tertiary alicyclic amines) is 1. The van der Waals surface area contributed by atoms with Crippen LogP contribution in [0.2, 0.25) is 5.02 Å². The Bertz CT molecular complexity index is 1010. The van der Waals surface area contributed by atoms with Gasteiger partial charge in [-0.25, -0.2) is 9.59 Å². The molecular formula is C24H27ClN2O5. The molecule has 2 amide bonds. The molecule has 0 saturated carbocycles. The highest BCUT2D eigenvalue weighted by molar-refractivity contribution is 6.33. The fourth-order valence-electron chi connectivity index (χ4n) is 3.59. The van der Waals surface area contributed by atoms with Crippen molar-refractivity contribution in [2.45, 2.75) is 51.7 Å². The molecule has 1 unspecified atom stereocenters. The van der Waals surface area contributed by atoms with E-state index in [0.717, 1.165) is 18.4 Å². The van der Waals surface area contributed by atoms with E-state index in [1.54, 1.807) is 51.1 Å². The summed E-state index contributed by atoms with van der Waals surface area (Å²) in [7, 11) is 0. The highest BCUT2D eigenvalue weighted by atomic mass is 35.5. The van der Waals surface area contributed by atoms with Gasteiger partial charge in [0.1, 0.15) is 11.6 Å². The van der Waals surface area contributed by atoms with E-state index in [0.29, 0.717) is 29.2 Å². The maximum atomic E-state index is 13.0. The second kappa shape index (κ2) is 9.61. The molecule has 1 fully saturated rings. The molecule has 0 bridgehead atoms. The van der Waals surface area contributed by atoms with E-state index in [9.17, 15) is 14.4 Å². The summed E-state index contributed by atoms with van der Waals surface area (Å²) in [6.45, 7) is 5.85. The number of carboxylic acids is 1. The summed E-state index contributed by atoms with van der Waals surface area (Å²) in [5.41, 5.74) is 1.45. The third-order valence-corrected chi connectivity index (χ3v) is 5.44. The highest BCUT2D eigenvalue weighted by Gasteiger charge is 2.34. The Labute approximate surface area is 192 Å². The number of ether oxygens (including phenoxy) is 1. The van der Waals surface area contributed by atoms with Crippen LogP contribution < -0.4 is 5.32 Å². The van der Waals surface area contributed by atoms with Crippen molar-refractivity contribution in [1.29, 1.82) is 0 Å². The predicted octanol–water partition coefficient (Wildman–Crippen LogP) is 5.43. The Morgan fingerprint density at radius 3 is 2.41 bits per heavy atom. The Morgan fingerprint density at radius 1 is 1.09 bits per heavy atom. The van der Waals surface area contributed by atoms with Gasteiger partial charge in [0.15, 0.2) is 0 Å². The lowest BCUT2D eigenvalue weighted by molar-refractivity contribution is -0.122. The minimum Gasteiger partial charge on any atom is -0.478 e. The normalized spacial score (nSPS) is 16.4. The van der Waals surface area contributed by atoms with Crippen molar-refractivity contribution in [3.05, 3.63) is 53.1 Å². The van der Waals surface area contributed by atoms with Crippen molar-refractivity contribution in [1.82, 2.24) is 4.90 Å². The van der Waals surface area contributed by atoms with Gasteiger partial charge in [0, 0.05) is 22.8 Å². The van der Waals surface area contributed by atoms with Crippen LogP contribution in [0.15, 0.2) is 42.5 Å². The zero-order chi connectivity index (χ0) is 23.5. The number of hydrogen-bond donors (Lipinski definition) is 2. The zero-order valence-corrected chi connectivity index (χ0v) is 19.1. The molecule has 0 aliphatic carbocycles. The summed E-state index contributed by atoms with van der Waals surface area (Å²) < 4.78 is 5.47. The van der Waals surface area contributed by atoms with Crippen LogP contribution in [-0.4, -0.2) is 46.2 Å². The minimum absolute atomic E-state index is 0.175. The van der Waals surface area contributed by atoms with Crippen LogP contribution in [-0.2, 0) is 9.53 Å². The Morgan fingerprint density at radius 2 is 1.78 bits per heavy atom. The first-order chi connectivity index (χ1) is 15.0. The topological polar surface area (TPSA) is 95.9 Å². The molecule has 2 aromatic carbocycles. The van der Waals surface area contributed by atoms with E-state index >= 15 is 0 Å². The van der Waals surface area contributed by atoms with E-state index < -0.39 is 23.7 Å². The average molecular weight is 459 g/mol. The van der Waals surface area contributed by atoms with E-state index in [4.69, 9.17) is 21.4 Å². The molecular weight excluding hydrogens is 432 g/mol. The Hall–Kier alpha value is -3.06. The maximum absolute atomic E-state index is 13.0. The molecule has 8 heteroatoms. The SMILES string of the molecule is CC(C)(C)OC(=O)N1CCCCC1C(=O)Nc1ccc(Cl)c(-c2ccc(C(=O)O)cc2)c1. The molecule has 32 heavy (non-hydrogen) atoms. The number of hydrogen-bond acceptors (Lipinski definition) is 4. The standard InChI is InChI=1S/C24H27ClN2O5/c1-24(2,3)32-23(31)27-13-5-4-6-20(27)21(28)26-17-11-12-19(25)18(14-17)15-7-9-16(10-8-15)22(29)30/h7-12,14,20H,4-6,13H2,1-3H3,(H,26,28)(H,29,30). The maximum Gasteiger partial charge on any atom is 0.410 e. The molecule has 1 aliphatic rings. The van der Waals surface area contributed by atoms with Gasteiger partial charge in [0.25, 0.3) is 0 Å². The molecule has 1 atom stereocenters. The second-order valence-corrected chi connectivity index (χ2v) is 9.16. The fraction of sp³-hybridized carbons (Fsp3) is 0.375. The van der Waals surface area contributed by atoms with Gasteiger partial charge in [0.05, 0.1) is 5.56 Å². The molecule has 170 valence electrons. The summed E-state index contributed by atoms with van der Waals surface area (Å²) >= 11 is 6.35. The number of amides is 2. The summed E-state index contributed by atoms with van der Waals surface area (Å²) in [6.07, 6.45) is 1.73. The number of aromatic carboxylic acids is 1. The first kappa shape index (κ1) is 23.6. The van der Waals surface area contributed by atoms with Gasteiger partial charge in [-0.2, -0.15) is 0 Å². The van der Waals surface area contributed by atoms with Gasteiger partial charge in [-0.15, -0.1) is 0 Å². The molecule has 3 rings (SSSR count). The van der Waals surface area contributed by atoms with Crippen molar-refractivity contribution in [2.75, 3.05) is 11.9 Å². The van der Waals surface area contributed by atoms with Gasteiger partial charge in [-0.3, -0.25) is 9.69 Å². The number of halogens is 1. The number of anilines is 1. The van der Waals surface area contributed by atoms with E-state index in [2.05, 4.69) is 5.32 Å². The van der Waals surface area contributed by atoms with Gasteiger partial charge in [0.2, 0.25) is 5.91 Å². The third-order valence-electron chi connectivity index (χ3n) is 5.11. The summed E-state index contributed by atoms with van der Waals surface area (Å²) in [4.78, 5) is 38.2. The van der Waals surface area contributed by atoms with Crippen LogP contribution in [0, 0.1) is 0 Å². The van der Waals surface area contributed by atoms with Crippen molar-refractivity contribution >= 4 is 35.3 Å². The minimum atomic E-state index is -1.01. The lowest BCUT2D eigenvalue weighted by atomic mass is 10.0. The smallest absolute Gasteiger partial charge is 0.410 e. The fourth-order valence-corrected chi connectivity index (χ4v) is 3.81. The Kier molecular flexibility index (Phi) is 7.09. The number of nitrogens with zero attached hydrogens (tertiary/aromatic N) is 1. The van der Waals surface area contributed by atoms with Crippen LogP contribution in [0.5, 0.6) is 0 Å². The van der Waals surface area contributed by atoms with Crippen LogP contribution in [0.25, 0.3) is 11.1 Å². The number of rotatable bonds is 4. The number of carbonyl (C=O) groups excluding carboxylic acids is 2. The zero-order valence-electron chi connectivity index (χ0n) is 18.4. The van der Waals surface area contributed by atoms with E-state index in [-0.39, 0.29) is 11.5 Å². The number of carbonyl (C=O) groups is 3. The molecule has 2 N–H and O–H groups in total. The molecule has 2 aromatic rings. The first-order valence-electron chi connectivity index (χ1n) is 10.5. The average Bonchev–Trinajstić information content (AvgIpc) is 2.74. The van der Waals surface area contributed by atoms with Crippen molar-refractivity contribution in [2.24, 2.45) is 0 Å². The van der Waals surface area contributed by atoms with Crippen molar-refractivity contribution < 1.29 is 24.2 Å². The van der Waals surface area contributed by atoms with Gasteiger partial charge in [-0.1, -0.05) is 23.7 Å². The molecule has 0 aromatic heterocycles.